The van der Waals surface area contributed by atoms with Gasteiger partial charge in [0.15, 0.2) is 0 Å². The van der Waals surface area contributed by atoms with Crippen LogP contribution in [0, 0.1) is 11.3 Å². The first kappa shape index (κ1) is 17.2. The molecule has 26 heavy (non-hydrogen) atoms. The maximum absolute atomic E-state index is 8.96. The third-order valence-corrected chi connectivity index (χ3v) is 5.48. The van der Waals surface area contributed by atoms with Gasteiger partial charge >= 0.3 is 0 Å². The van der Waals surface area contributed by atoms with Gasteiger partial charge in [0, 0.05) is 51.7 Å². The van der Waals surface area contributed by atoms with Crippen LogP contribution in [0.3, 0.4) is 0 Å². The molecule has 0 atom stereocenters. The molecule has 0 aliphatic carbocycles. The predicted octanol–water partition coefficient (Wildman–Crippen LogP) is 2.15. The van der Waals surface area contributed by atoms with Gasteiger partial charge in [-0.3, -0.25) is 14.8 Å². The first-order chi connectivity index (χ1) is 12.7. The second kappa shape index (κ2) is 7.58. The van der Waals surface area contributed by atoms with E-state index in [1.54, 1.807) is 0 Å². The number of nitrogens with one attached hydrogen (secondary N) is 1. The van der Waals surface area contributed by atoms with Crippen LogP contribution in [-0.2, 0) is 17.8 Å². The molecule has 4 rings (SSSR count). The zero-order chi connectivity index (χ0) is 17.8. The standard InChI is InChI=1S/C20H25N5O/c21-12-19-11-17(13-23-19)14-25-9-10-26-20(16-25)4-7-24(8-5-20)15-18-3-1-2-6-22-18/h1-3,6,11,13,23H,4-5,7-10,14-16H2. The van der Waals surface area contributed by atoms with E-state index in [4.69, 9.17) is 10.00 Å². The maximum atomic E-state index is 8.96. The van der Waals surface area contributed by atoms with Crippen LogP contribution in [-0.4, -0.2) is 58.2 Å². The highest BCUT2D eigenvalue weighted by Gasteiger charge is 2.39. The number of nitrogens with zero attached hydrogens (tertiary/aromatic N) is 4. The van der Waals surface area contributed by atoms with Gasteiger partial charge in [-0.15, -0.1) is 0 Å². The summed E-state index contributed by atoms with van der Waals surface area (Å²) in [6, 6.07) is 10.2. The van der Waals surface area contributed by atoms with Crippen molar-refractivity contribution in [3.63, 3.8) is 0 Å². The minimum Gasteiger partial charge on any atom is -0.372 e. The summed E-state index contributed by atoms with van der Waals surface area (Å²) in [5.41, 5.74) is 2.92. The van der Waals surface area contributed by atoms with Gasteiger partial charge < -0.3 is 9.72 Å². The summed E-state index contributed by atoms with van der Waals surface area (Å²) >= 11 is 0. The predicted molar refractivity (Wildman–Crippen MR) is 98.2 cm³/mol. The monoisotopic (exact) mass is 351 g/mol. The Morgan fingerprint density at radius 3 is 2.81 bits per heavy atom. The van der Waals surface area contributed by atoms with E-state index in [0.29, 0.717) is 5.69 Å². The highest BCUT2D eigenvalue weighted by molar-refractivity contribution is 5.26. The van der Waals surface area contributed by atoms with Crippen molar-refractivity contribution in [2.24, 2.45) is 0 Å². The summed E-state index contributed by atoms with van der Waals surface area (Å²) in [6.07, 6.45) is 5.93. The molecule has 2 aromatic rings. The number of rotatable bonds is 4. The molecule has 2 aliphatic rings. The molecule has 0 saturated carbocycles. The van der Waals surface area contributed by atoms with Crippen molar-refractivity contribution in [1.82, 2.24) is 19.8 Å². The second-order valence-electron chi connectivity index (χ2n) is 7.37. The zero-order valence-corrected chi connectivity index (χ0v) is 15.0. The quantitative estimate of drug-likeness (QED) is 0.914. The Bertz CT molecular complexity index is 758. The van der Waals surface area contributed by atoms with Crippen molar-refractivity contribution in [2.75, 3.05) is 32.8 Å². The lowest BCUT2D eigenvalue weighted by molar-refractivity contribution is -0.138. The smallest absolute Gasteiger partial charge is 0.117 e. The van der Waals surface area contributed by atoms with E-state index in [9.17, 15) is 0 Å². The summed E-state index contributed by atoms with van der Waals surface area (Å²) in [4.78, 5) is 12.4. The molecule has 1 spiro atoms. The van der Waals surface area contributed by atoms with Crippen molar-refractivity contribution in [2.45, 2.75) is 31.5 Å². The zero-order valence-electron chi connectivity index (χ0n) is 15.0. The molecule has 0 bridgehead atoms. The van der Waals surface area contributed by atoms with Crippen molar-refractivity contribution in [1.29, 1.82) is 5.26 Å². The Morgan fingerprint density at radius 1 is 1.19 bits per heavy atom. The van der Waals surface area contributed by atoms with Gasteiger partial charge in [-0.25, -0.2) is 0 Å². The van der Waals surface area contributed by atoms with Crippen LogP contribution in [0.2, 0.25) is 0 Å². The van der Waals surface area contributed by atoms with Crippen LogP contribution in [0.5, 0.6) is 0 Å². The number of likely N-dealkylation sites (tertiary alicyclic amines) is 1. The Labute approximate surface area is 154 Å². The Kier molecular flexibility index (Phi) is 5.02. The number of aromatic nitrogens is 2. The van der Waals surface area contributed by atoms with Gasteiger partial charge in [0.2, 0.25) is 0 Å². The minimum atomic E-state index is -0.0206. The van der Waals surface area contributed by atoms with E-state index >= 15 is 0 Å². The van der Waals surface area contributed by atoms with Gasteiger partial charge in [0.25, 0.3) is 0 Å². The van der Waals surface area contributed by atoms with Crippen LogP contribution in [0.15, 0.2) is 36.7 Å². The molecule has 136 valence electrons. The van der Waals surface area contributed by atoms with Crippen LogP contribution in [0.25, 0.3) is 0 Å². The average molecular weight is 351 g/mol. The average Bonchev–Trinajstić information content (AvgIpc) is 3.12. The number of pyridine rings is 1. The minimum absolute atomic E-state index is 0.0206. The second-order valence-corrected chi connectivity index (χ2v) is 7.37. The highest BCUT2D eigenvalue weighted by Crippen LogP contribution is 2.31. The number of H-pyrrole nitrogens is 1. The fourth-order valence-corrected chi connectivity index (χ4v) is 4.05. The SMILES string of the molecule is N#Cc1cc(CN2CCOC3(CCN(Cc4ccccn4)CC3)C2)c[nH]1. The number of morpholine rings is 1. The van der Waals surface area contributed by atoms with E-state index in [-0.39, 0.29) is 5.60 Å². The largest absolute Gasteiger partial charge is 0.372 e. The highest BCUT2D eigenvalue weighted by atomic mass is 16.5. The third kappa shape index (κ3) is 3.96. The molecular weight excluding hydrogens is 326 g/mol. The molecule has 0 amide bonds. The molecule has 2 aliphatic heterocycles. The lowest BCUT2D eigenvalue weighted by Gasteiger charge is -2.47. The number of aromatic amines is 1. The van der Waals surface area contributed by atoms with Crippen LogP contribution >= 0.6 is 0 Å². The van der Waals surface area contributed by atoms with Gasteiger partial charge in [-0.2, -0.15) is 5.26 Å². The molecule has 0 radical (unpaired) electrons. The molecule has 6 heteroatoms. The fourth-order valence-electron chi connectivity index (χ4n) is 4.05. The Hall–Kier alpha value is -2.20. The van der Waals surface area contributed by atoms with Gasteiger partial charge in [-0.1, -0.05) is 6.07 Å². The molecular formula is C20H25N5O. The summed E-state index contributed by atoms with van der Waals surface area (Å²) < 4.78 is 6.26. The van der Waals surface area contributed by atoms with Gasteiger partial charge in [-0.05, 0) is 36.6 Å². The number of piperidine rings is 1. The summed E-state index contributed by atoms with van der Waals surface area (Å²) in [6.45, 7) is 6.60. The maximum Gasteiger partial charge on any atom is 0.117 e. The normalized spacial score (nSPS) is 20.9. The van der Waals surface area contributed by atoms with Crippen molar-refractivity contribution in [3.8, 4) is 6.07 Å². The summed E-state index contributed by atoms with van der Waals surface area (Å²) in [5.74, 6) is 0. The molecule has 0 unspecified atom stereocenters. The number of nitriles is 1. The van der Waals surface area contributed by atoms with E-state index < -0.39 is 0 Å². The molecule has 4 heterocycles. The topological polar surface area (TPSA) is 68.2 Å². The summed E-state index contributed by atoms with van der Waals surface area (Å²) in [5, 5.41) is 8.96. The Balaban J connectivity index is 1.32. The molecule has 1 N–H and O–H groups in total. The van der Waals surface area contributed by atoms with Crippen molar-refractivity contribution >= 4 is 0 Å². The van der Waals surface area contributed by atoms with Crippen molar-refractivity contribution in [3.05, 3.63) is 53.6 Å². The lowest BCUT2D eigenvalue weighted by atomic mass is 9.89. The fraction of sp³-hybridized carbons (Fsp3) is 0.500. The van der Waals surface area contributed by atoms with Gasteiger partial charge in [0.1, 0.15) is 11.8 Å². The molecule has 2 fully saturated rings. The van der Waals surface area contributed by atoms with E-state index in [0.717, 1.165) is 64.4 Å². The number of hydrogen-bond acceptors (Lipinski definition) is 5. The lowest BCUT2D eigenvalue weighted by Crippen LogP contribution is -2.56. The van der Waals surface area contributed by atoms with Crippen LogP contribution in [0.1, 0.15) is 29.8 Å². The Morgan fingerprint density at radius 2 is 2.08 bits per heavy atom. The van der Waals surface area contributed by atoms with Crippen LogP contribution < -0.4 is 0 Å². The number of hydrogen-bond donors (Lipinski definition) is 1. The number of ether oxygens (including phenoxy) is 1. The first-order valence-electron chi connectivity index (χ1n) is 9.31. The van der Waals surface area contributed by atoms with Crippen LogP contribution in [0.4, 0.5) is 0 Å². The first-order valence-corrected chi connectivity index (χ1v) is 9.31. The third-order valence-electron chi connectivity index (χ3n) is 5.48. The molecule has 2 saturated heterocycles. The van der Waals surface area contributed by atoms with E-state index in [1.807, 2.05) is 24.5 Å². The molecule has 6 nitrogen and oxygen atoms in total. The van der Waals surface area contributed by atoms with E-state index in [2.05, 4.69) is 38.0 Å². The summed E-state index contributed by atoms with van der Waals surface area (Å²) in [7, 11) is 0. The molecule has 0 aromatic carbocycles. The van der Waals surface area contributed by atoms with Gasteiger partial charge in [0.05, 0.1) is 17.9 Å². The van der Waals surface area contributed by atoms with E-state index in [1.165, 1.54) is 5.56 Å². The van der Waals surface area contributed by atoms with Crippen molar-refractivity contribution < 1.29 is 4.74 Å². The molecule has 2 aromatic heterocycles.